The summed E-state index contributed by atoms with van der Waals surface area (Å²) < 4.78 is 0. The summed E-state index contributed by atoms with van der Waals surface area (Å²) in [4.78, 5) is 0. The topological polar surface area (TPSA) is 20.2 Å². The molecule has 0 fully saturated rings. The van der Waals surface area contributed by atoms with Crippen molar-refractivity contribution in [2.75, 3.05) is 0 Å². The molecule has 1 heteroatoms. The van der Waals surface area contributed by atoms with Crippen molar-refractivity contribution in [3.8, 4) is 0 Å². The highest BCUT2D eigenvalue weighted by Gasteiger charge is 2.20. The van der Waals surface area contributed by atoms with E-state index < -0.39 is 0 Å². The summed E-state index contributed by atoms with van der Waals surface area (Å²) >= 11 is 0. The minimum absolute atomic E-state index is 0.226. The Hall–Kier alpha value is -0.560. The van der Waals surface area contributed by atoms with Crippen LogP contribution in [-0.4, -0.2) is 11.2 Å². The second-order valence-electron chi connectivity index (χ2n) is 4.94. The first-order valence-electron chi connectivity index (χ1n) is 6.13. The van der Waals surface area contributed by atoms with Gasteiger partial charge in [0.15, 0.2) is 0 Å². The lowest BCUT2D eigenvalue weighted by atomic mass is 9.81. The van der Waals surface area contributed by atoms with Gasteiger partial charge in [0.25, 0.3) is 0 Å². The summed E-state index contributed by atoms with van der Waals surface area (Å²) in [6, 6.07) is 0. The van der Waals surface area contributed by atoms with Crippen LogP contribution < -0.4 is 0 Å². The molecule has 0 aromatic carbocycles. The van der Waals surface area contributed by atoms with E-state index in [0.29, 0.717) is 0 Å². The monoisotopic (exact) mass is 208 g/mol. The molecular weight excluding hydrogens is 184 g/mol. The Balaban J connectivity index is 2.41. The average Bonchev–Trinajstić information content (AvgIpc) is 2.26. The summed E-state index contributed by atoms with van der Waals surface area (Å²) in [7, 11) is 0. The molecule has 0 saturated heterocycles. The number of allylic oxidation sites excluding steroid dienone is 2. The fourth-order valence-corrected chi connectivity index (χ4v) is 2.24. The summed E-state index contributed by atoms with van der Waals surface area (Å²) in [6.07, 6.45) is 9.14. The highest BCUT2D eigenvalue weighted by atomic mass is 16.3. The molecule has 0 aromatic heterocycles. The van der Waals surface area contributed by atoms with Gasteiger partial charge in [-0.2, -0.15) is 0 Å². The molecule has 2 atom stereocenters. The highest BCUT2D eigenvalue weighted by molar-refractivity contribution is 5.12. The van der Waals surface area contributed by atoms with Crippen molar-refractivity contribution >= 4 is 0 Å². The SMILES string of the molecule is C=CCCC(O)C1=CC[C@@H](C(C)C)CC1. The summed E-state index contributed by atoms with van der Waals surface area (Å²) in [5, 5.41) is 9.91. The maximum absolute atomic E-state index is 9.91. The molecule has 86 valence electrons. The van der Waals surface area contributed by atoms with Crippen LogP contribution in [-0.2, 0) is 0 Å². The molecule has 1 N–H and O–H groups in total. The zero-order chi connectivity index (χ0) is 11.3. The lowest BCUT2D eigenvalue weighted by molar-refractivity contribution is 0.189. The van der Waals surface area contributed by atoms with Crippen LogP contribution in [0.15, 0.2) is 24.3 Å². The van der Waals surface area contributed by atoms with E-state index in [9.17, 15) is 5.11 Å². The maximum atomic E-state index is 9.91. The molecule has 1 unspecified atom stereocenters. The third-order valence-corrected chi connectivity index (χ3v) is 3.50. The predicted molar refractivity (Wildman–Crippen MR) is 65.7 cm³/mol. The van der Waals surface area contributed by atoms with Crippen LogP contribution in [0.1, 0.15) is 46.0 Å². The van der Waals surface area contributed by atoms with Gasteiger partial charge in [-0.3, -0.25) is 0 Å². The molecular formula is C14H24O. The summed E-state index contributed by atoms with van der Waals surface area (Å²) in [6.45, 7) is 8.26. The van der Waals surface area contributed by atoms with Gasteiger partial charge in [0.1, 0.15) is 0 Å². The molecule has 0 saturated carbocycles. The summed E-state index contributed by atoms with van der Waals surface area (Å²) in [5.41, 5.74) is 1.26. The first-order valence-corrected chi connectivity index (χ1v) is 6.13. The Morgan fingerprint density at radius 2 is 2.33 bits per heavy atom. The Bertz CT molecular complexity index is 227. The van der Waals surface area contributed by atoms with Crippen LogP contribution in [0, 0.1) is 11.8 Å². The molecule has 0 aliphatic heterocycles. The van der Waals surface area contributed by atoms with Crippen LogP contribution >= 0.6 is 0 Å². The average molecular weight is 208 g/mol. The Labute approximate surface area is 93.9 Å². The molecule has 1 aliphatic rings. The standard InChI is InChI=1S/C14H24O/c1-4-5-6-14(15)13-9-7-12(8-10-13)11(2)3/h4,9,11-12,14-15H,1,5-8,10H2,2-3H3/t12-,14?/m1/s1. The van der Waals surface area contributed by atoms with Crippen molar-refractivity contribution in [3.63, 3.8) is 0 Å². The van der Waals surface area contributed by atoms with Crippen LogP contribution in [0.2, 0.25) is 0 Å². The first kappa shape index (κ1) is 12.5. The van der Waals surface area contributed by atoms with E-state index in [4.69, 9.17) is 0 Å². The zero-order valence-electron chi connectivity index (χ0n) is 10.1. The number of aliphatic hydroxyl groups is 1. The number of hydrogen-bond donors (Lipinski definition) is 1. The molecule has 0 spiro atoms. The van der Waals surface area contributed by atoms with Crippen molar-refractivity contribution in [2.45, 2.75) is 52.1 Å². The lowest BCUT2D eigenvalue weighted by Crippen LogP contribution is -2.18. The van der Waals surface area contributed by atoms with Gasteiger partial charge in [0.05, 0.1) is 6.10 Å². The van der Waals surface area contributed by atoms with Gasteiger partial charge < -0.3 is 5.11 Å². The van der Waals surface area contributed by atoms with Gasteiger partial charge in [-0.1, -0.05) is 26.0 Å². The summed E-state index contributed by atoms with van der Waals surface area (Å²) in [5.74, 6) is 1.59. The normalized spacial score (nSPS) is 23.7. The van der Waals surface area contributed by atoms with Crippen LogP contribution in [0.4, 0.5) is 0 Å². The molecule has 1 rings (SSSR count). The molecule has 0 amide bonds. The first-order chi connectivity index (χ1) is 7.15. The second-order valence-corrected chi connectivity index (χ2v) is 4.94. The molecule has 15 heavy (non-hydrogen) atoms. The Morgan fingerprint density at radius 3 is 2.80 bits per heavy atom. The third-order valence-electron chi connectivity index (χ3n) is 3.50. The van der Waals surface area contributed by atoms with Crippen molar-refractivity contribution in [3.05, 3.63) is 24.3 Å². The van der Waals surface area contributed by atoms with Gasteiger partial charge >= 0.3 is 0 Å². The fourth-order valence-electron chi connectivity index (χ4n) is 2.24. The number of aliphatic hydroxyl groups excluding tert-OH is 1. The lowest BCUT2D eigenvalue weighted by Gasteiger charge is -2.27. The number of rotatable bonds is 5. The smallest absolute Gasteiger partial charge is 0.0753 e. The van der Waals surface area contributed by atoms with E-state index in [1.54, 1.807) is 0 Å². The molecule has 1 aliphatic carbocycles. The van der Waals surface area contributed by atoms with Crippen molar-refractivity contribution in [1.82, 2.24) is 0 Å². The predicted octanol–water partition coefficient (Wildman–Crippen LogP) is 3.70. The Morgan fingerprint density at radius 1 is 1.60 bits per heavy atom. The van der Waals surface area contributed by atoms with Crippen LogP contribution in [0.5, 0.6) is 0 Å². The second kappa shape index (κ2) is 6.12. The molecule has 0 aromatic rings. The van der Waals surface area contributed by atoms with Gasteiger partial charge in [0.2, 0.25) is 0 Å². The van der Waals surface area contributed by atoms with Crippen molar-refractivity contribution in [2.24, 2.45) is 11.8 Å². The maximum Gasteiger partial charge on any atom is 0.0753 e. The molecule has 0 radical (unpaired) electrons. The Kier molecular flexibility index (Phi) is 5.10. The minimum Gasteiger partial charge on any atom is -0.389 e. The van der Waals surface area contributed by atoms with Crippen LogP contribution in [0.3, 0.4) is 0 Å². The van der Waals surface area contributed by atoms with E-state index in [-0.39, 0.29) is 6.10 Å². The van der Waals surface area contributed by atoms with E-state index in [2.05, 4.69) is 26.5 Å². The van der Waals surface area contributed by atoms with Gasteiger partial charge in [-0.25, -0.2) is 0 Å². The van der Waals surface area contributed by atoms with E-state index in [1.807, 2.05) is 6.08 Å². The van der Waals surface area contributed by atoms with E-state index >= 15 is 0 Å². The van der Waals surface area contributed by atoms with Gasteiger partial charge in [-0.05, 0) is 49.5 Å². The van der Waals surface area contributed by atoms with E-state index in [1.165, 1.54) is 12.0 Å². The third kappa shape index (κ3) is 3.83. The molecule has 0 heterocycles. The van der Waals surface area contributed by atoms with Gasteiger partial charge in [-0.15, -0.1) is 6.58 Å². The van der Waals surface area contributed by atoms with E-state index in [0.717, 1.165) is 37.5 Å². The zero-order valence-corrected chi connectivity index (χ0v) is 10.1. The molecule has 0 bridgehead atoms. The number of hydrogen-bond acceptors (Lipinski definition) is 1. The fraction of sp³-hybridized carbons (Fsp3) is 0.714. The molecule has 1 nitrogen and oxygen atoms in total. The highest BCUT2D eigenvalue weighted by Crippen LogP contribution is 2.31. The van der Waals surface area contributed by atoms with Gasteiger partial charge in [0, 0.05) is 0 Å². The quantitative estimate of drug-likeness (QED) is 0.683. The van der Waals surface area contributed by atoms with Crippen molar-refractivity contribution in [1.29, 1.82) is 0 Å². The van der Waals surface area contributed by atoms with Crippen molar-refractivity contribution < 1.29 is 5.11 Å². The minimum atomic E-state index is -0.226. The van der Waals surface area contributed by atoms with Crippen LogP contribution in [0.25, 0.3) is 0 Å². The largest absolute Gasteiger partial charge is 0.389 e.